The third kappa shape index (κ3) is 3.21. The van der Waals surface area contributed by atoms with Gasteiger partial charge in [-0.25, -0.2) is 4.79 Å². The first-order valence-corrected chi connectivity index (χ1v) is 4.75. The average molecular weight is 252 g/mol. The Balaban J connectivity index is 0. The molecule has 0 aliphatic carbocycles. The maximum atomic E-state index is 11.0. The number of carboxylic acids is 2. The van der Waals surface area contributed by atoms with Crippen LogP contribution in [-0.4, -0.2) is 27.7 Å². The van der Waals surface area contributed by atoms with Crippen LogP contribution in [0.15, 0.2) is 12.2 Å². The number of carbonyl (C=O) groups is 2. The molecule has 0 spiro atoms. The number of hydrogen-bond donors (Lipinski definition) is 3. The highest BCUT2D eigenvalue weighted by Gasteiger charge is 2.42. The molecule has 0 heterocycles. The third-order valence-corrected chi connectivity index (χ3v) is 2.71. The van der Waals surface area contributed by atoms with E-state index in [4.69, 9.17) is 15.9 Å². The van der Waals surface area contributed by atoms with E-state index in [1.807, 2.05) is 0 Å². The minimum Gasteiger partial charge on any atom is -0.480 e. The highest BCUT2D eigenvalue weighted by molar-refractivity contribution is 5.89. The van der Waals surface area contributed by atoms with Gasteiger partial charge in [-0.3, -0.25) is 4.79 Å². The van der Waals surface area contributed by atoms with Crippen LogP contribution in [0.4, 0.5) is 0 Å². The zero-order valence-corrected chi connectivity index (χ0v) is 10.2. The van der Waals surface area contributed by atoms with E-state index in [9.17, 15) is 9.59 Å². The fourth-order valence-electron chi connectivity index (χ4n) is 1.62. The predicted octanol–water partition coefficient (Wildman–Crippen LogP) is 1.27. The van der Waals surface area contributed by atoms with Crippen molar-refractivity contribution < 1.29 is 19.8 Å². The Morgan fingerprint density at radius 3 is 2.00 bits per heavy atom. The van der Waals surface area contributed by atoms with Gasteiger partial charge in [-0.15, -0.1) is 12.4 Å². The van der Waals surface area contributed by atoms with Gasteiger partial charge in [-0.2, -0.15) is 0 Å². The average Bonchev–Trinajstić information content (AvgIpc) is 2.17. The predicted molar refractivity (Wildman–Crippen MR) is 62.7 cm³/mol. The molecule has 0 aliphatic heterocycles. The summed E-state index contributed by atoms with van der Waals surface area (Å²) in [4.78, 5) is 21.8. The minimum absolute atomic E-state index is 0. The van der Waals surface area contributed by atoms with Gasteiger partial charge in [0, 0.05) is 11.5 Å². The molecule has 0 aromatic heterocycles. The third-order valence-electron chi connectivity index (χ3n) is 2.71. The normalized spacial score (nSPS) is 15.4. The lowest BCUT2D eigenvalue weighted by molar-refractivity contribution is -0.145. The van der Waals surface area contributed by atoms with E-state index in [0.717, 1.165) is 0 Å². The van der Waals surface area contributed by atoms with E-state index in [1.54, 1.807) is 13.8 Å². The maximum absolute atomic E-state index is 11.0. The second-order valence-corrected chi connectivity index (χ2v) is 3.49. The van der Waals surface area contributed by atoms with Gasteiger partial charge in [0.25, 0.3) is 0 Å². The molecule has 0 saturated heterocycles. The molecule has 0 aliphatic rings. The molecule has 0 aromatic carbocycles. The van der Waals surface area contributed by atoms with Crippen molar-refractivity contribution in [2.75, 3.05) is 0 Å². The summed E-state index contributed by atoms with van der Waals surface area (Å²) in [6, 6.07) is 0. The summed E-state index contributed by atoms with van der Waals surface area (Å²) in [6.07, 6.45) is 0.495. The van der Waals surface area contributed by atoms with Crippen LogP contribution in [0.2, 0.25) is 0 Å². The van der Waals surface area contributed by atoms with E-state index in [2.05, 4.69) is 6.58 Å². The van der Waals surface area contributed by atoms with E-state index < -0.39 is 23.4 Å². The van der Waals surface area contributed by atoms with Crippen molar-refractivity contribution in [2.45, 2.75) is 32.2 Å². The van der Waals surface area contributed by atoms with Gasteiger partial charge in [-0.05, 0) is 12.8 Å². The molecule has 2 atom stereocenters. The lowest BCUT2D eigenvalue weighted by Gasteiger charge is -2.32. The highest BCUT2D eigenvalue weighted by Crippen LogP contribution is 2.28. The maximum Gasteiger partial charge on any atom is 0.331 e. The summed E-state index contributed by atoms with van der Waals surface area (Å²) in [5.41, 5.74) is 4.01. The van der Waals surface area contributed by atoms with Crippen molar-refractivity contribution in [2.24, 2.45) is 11.7 Å². The molecule has 16 heavy (non-hydrogen) atoms. The molecule has 0 fully saturated rings. The Kier molecular flexibility index (Phi) is 7.04. The summed E-state index contributed by atoms with van der Waals surface area (Å²) in [5, 5.41) is 17.8. The van der Waals surface area contributed by atoms with Gasteiger partial charge in [0.05, 0.1) is 0 Å². The van der Waals surface area contributed by atoms with Gasteiger partial charge < -0.3 is 15.9 Å². The molecule has 1 unspecified atom stereocenters. The number of hydrogen-bond acceptors (Lipinski definition) is 3. The zero-order valence-electron chi connectivity index (χ0n) is 9.40. The van der Waals surface area contributed by atoms with Gasteiger partial charge in [0.15, 0.2) is 0 Å². The Bertz CT molecular complexity index is 293. The van der Waals surface area contributed by atoms with Gasteiger partial charge >= 0.3 is 11.9 Å². The molecule has 4 N–H and O–H groups in total. The molecule has 0 radical (unpaired) electrons. The molecule has 0 saturated carbocycles. The van der Waals surface area contributed by atoms with Crippen LogP contribution in [0.25, 0.3) is 0 Å². The highest BCUT2D eigenvalue weighted by atomic mass is 35.5. The topological polar surface area (TPSA) is 101 Å². The van der Waals surface area contributed by atoms with Gasteiger partial charge in [0.1, 0.15) is 5.54 Å². The summed E-state index contributed by atoms with van der Waals surface area (Å²) >= 11 is 0. The largest absolute Gasteiger partial charge is 0.480 e. The molecule has 0 aromatic rings. The lowest BCUT2D eigenvalue weighted by atomic mass is 9.76. The smallest absolute Gasteiger partial charge is 0.331 e. The molecule has 0 rings (SSSR count). The summed E-state index contributed by atoms with van der Waals surface area (Å²) in [7, 11) is 0. The fraction of sp³-hybridized carbons (Fsp3) is 0.600. The number of aliphatic carboxylic acids is 2. The van der Waals surface area contributed by atoms with Crippen molar-refractivity contribution >= 4 is 24.3 Å². The number of nitrogens with two attached hydrogens (primary N) is 1. The van der Waals surface area contributed by atoms with Crippen LogP contribution >= 0.6 is 12.4 Å². The first-order chi connectivity index (χ1) is 6.81. The number of halogens is 1. The SMILES string of the molecule is C=C(C(=O)O)C(CC)[C@@](N)(CC)C(=O)O.Cl. The quantitative estimate of drug-likeness (QED) is 0.617. The van der Waals surface area contributed by atoms with Crippen molar-refractivity contribution in [3.63, 3.8) is 0 Å². The number of carboxylic acid groups (broad SMARTS) is 2. The molecular formula is C10H18ClNO4. The Morgan fingerprint density at radius 1 is 1.38 bits per heavy atom. The molecule has 0 bridgehead atoms. The van der Waals surface area contributed by atoms with Crippen molar-refractivity contribution in [1.29, 1.82) is 0 Å². The summed E-state index contributed by atoms with van der Waals surface area (Å²) in [5.74, 6) is -3.15. The van der Waals surface area contributed by atoms with Crippen LogP contribution in [0, 0.1) is 5.92 Å². The van der Waals surface area contributed by atoms with Crippen LogP contribution < -0.4 is 5.73 Å². The first-order valence-electron chi connectivity index (χ1n) is 4.75. The Labute approximate surface area is 101 Å². The fourth-order valence-corrected chi connectivity index (χ4v) is 1.62. The van der Waals surface area contributed by atoms with E-state index >= 15 is 0 Å². The van der Waals surface area contributed by atoms with Crippen molar-refractivity contribution in [3.8, 4) is 0 Å². The van der Waals surface area contributed by atoms with Gasteiger partial charge in [0.2, 0.25) is 0 Å². The van der Waals surface area contributed by atoms with Crippen LogP contribution in [-0.2, 0) is 9.59 Å². The zero-order chi connectivity index (χ0) is 12.2. The van der Waals surface area contributed by atoms with Gasteiger partial charge in [-0.1, -0.05) is 20.4 Å². The molecule has 0 amide bonds. The van der Waals surface area contributed by atoms with E-state index in [1.165, 1.54) is 0 Å². The summed E-state index contributed by atoms with van der Waals surface area (Å²) < 4.78 is 0. The Morgan fingerprint density at radius 2 is 1.81 bits per heavy atom. The molecule has 6 heteroatoms. The minimum atomic E-state index is -1.55. The Hall–Kier alpha value is -1.07. The first kappa shape index (κ1) is 17.3. The monoisotopic (exact) mass is 251 g/mol. The number of rotatable bonds is 6. The van der Waals surface area contributed by atoms with Crippen LogP contribution in [0.5, 0.6) is 0 Å². The van der Waals surface area contributed by atoms with E-state index in [0.29, 0.717) is 6.42 Å². The van der Waals surface area contributed by atoms with Crippen molar-refractivity contribution in [1.82, 2.24) is 0 Å². The molecule has 5 nitrogen and oxygen atoms in total. The lowest BCUT2D eigenvalue weighted by Crippen LogP contribution is -2.54. The molecular weight excluding hydrogens is 234 g/mol. The second-order valence-electron chi connectivity index (χ2n) is 3.49. The van der Waals surface area contributed by atoms with Crippen molar-refractivity contribution in [3.05, 3.63) is 12.2 Å². The van der Waals surface area contributed by atoms with E-state index in [-0.39, 0.29) is 24.4 Å². The molecule has 94 valence electrons. The summed E-state index contributed by atoms with van der Waals surface area (Å²) in [6.45, 7) is 6.69. The standard InChI is InChI=1S/C10H17NO4.ClH/c1-4-7(6(3)8(12)13)10(11,5-2)9(14)15;/h7H,3-5,11H2,1-2H3,(H,12,13)(H,14,15);1H/t7?,10-;/m0./s1. The van der Waals surface area contributed by atoms with Crippen LogP contribution in [0.3, 0.4) is 0 Å². The van der Waals surface area contributed by atoms with Crippen LogP contribution in [0.1, 0.15) is 26.7 Å². The second kappa shape index (κ2) is 6.50.